The Morgan fingerprint density at radius 2 is 1.79 bits per heavy atom. The lowest BCUT2D eigenvalue weighted by atomic mass is 9.92. The van der Waals surface area contributed by atoms with Crippen molar-refractivity contribution in [2.75, 3.05) is 26.2 Å². The van der Waals surface area contributed by atoms with Crippen LogP contribution in [0.15, 0.2) is 47.6 Å². The van der Waals surface area contributed by atoms with E-state index in [0.29, 0.717) is 32.6 Å². The lowest BCUT2D eigenvalue weighted by Gasteiger charge is -2.35. The first-order chi connectivity index (χ1) is 16.0. The van der Waals surface area contributed by atoms with Crippen molar-refractivity contribution in [2.45, 2.75) is 25.3 Å². The normalized spacial score (nSPS) is 19.9. The Balaban J connectivity index is 1.31. The van der Waals surface area contributed by atoms with Crippen LogP contribution in [0.1, 0.15) is 45.9 Å². The highest BCUT2D eigenvalue weighted by atomic mass is 19.1. The third kappa shape index (κ3) is 4.25. The van der Waals surface area contributed by atoms with E-state index in [1.807, 2.05) is 29.2 Å². The predicted octanol–water partition coefficient (Wildman–Crippen LogP) is 2.31. The summed E-state index contributed by atoms with van der Waals surface area (Å²) < 4.78 is 14.6. The molecule has 0 spiro atoms. The number of fused-ring (bicyclic) bond motifs is 1. The number of amides is 2. The predicted molar refractivity (Wildman–Crippen MR) is 120 cm³/mol. The van der Waals surface area contributed by atoms with Crippen molar-refractivity contribution in [1.29, 1.82) is 0 Å². The fraction of sp³-hybridized carbons (Fsp3) is 0.360. The summed E-state index contributed by atoms with van der Waals surface area (Å²) in [5.74, 6) is -0.594. The fourth-order valence-electron chi connectivity index (χ4n) is 4.48. The highest BCUT2D eigenvalue weighted by Gasteiger charge is 2.35. The first-order valence-corrected chi connectivity index (χ1v) is 11.3. The van der Waals surface area contributed by atoms with E-state index in [4.69, 9.17) is 0 Å². The van der Waals surface area contributed by atoms with Crippen molar-refractivity contribution >= 4 is 23.8 Å². The molecule has 2 amide bonds. The molecule has 33 heavy (non-hydrogen) atoms. The molecule has 5 rings (SSSR count). The number of halogens is 1. The first-order valence-electron chi connectivity index (χ1n) is 11.3. The van der Waals surface area contributed by atoms with E-state index in [1.54, 1.807) is 17.0 Å². The van der Waals surface area contributed by atoms with Gasteiger partial charge in [0.15, 0.2) is 0 Å². The van der Waals surface area contributed by atoms with Gasteiger partial charge in [-0.05, 0) is 36.1 Å². The molecule has 1 unspecified atom stereocenters. The Labute approximate surface area is 191 Å². The van der Waals surface area contributed by atoms with Gasteiger partial charge in [-0.3, -0.25) is 15.0 Å². The van der Waals surface area contributed by atoms with Gasteiger partial charge in [0.25, 0.3) is 5.91 Å². The van der Waals surface area contributed by atoms with Crippen LogP contribution in [0.2, 0.25) is 0 Å². The van der Waals surface area contributed by atoms with Gasteiger partial charge in [0.1, 0.15) is 18.1 Å². The maximum Gasteiger partial charge on any atom is 0.256 e. The molecule has 1 aliphatic carbocycles. The summed E-state index contributed by atoms with van der Waals surface area (Å²) in [6.07, 6.45) is 3.11. The molecule has 0 radical (unpaired) electrons. The summed E-state index contributed by atoms with van der Waals surface area (Å²) in [5.41, 5.74) is 6.07. The molecule has 1 atom stereocenters. The van der Waals surface area contributed by atoms with E-state index < -0.39 is 11.9 Å². The van der Waals surface area contributed by atoms with Crippen LogP contribution in [0.5, 0.6) is 0 Å². The van der Waals surface area contributed by atoms with Crippen molar-refractivity contribution < 1.29 is 18.8 Å². The molecule has 0 bridgehead atoms. The SMILES string of the molecule is O=CC1NN=C(Cc2ccc(F)c(C(=O)N3CCN(C(=O)C4CC4)CC3)c2)c2ccccc21. The standard InChI is InChI=1S/C25H25FN4O3/c26-21-8-5-16(14-22-18-3-1-2-4-19(18)23(15-31)28-27-22)13-20(21)25(33)30-11-9-29(10-12-30)24(32)17-6-7-17/h1-5,8,13,15,17,23,28H,6-7,9-12,14H2. The van der Waals surface area contributed by atoms with Crippen molar-refractivity contribution in [2.24, 2.45) is 11.0 Å². The van der Waals surface area contributed by atoms with Gasteiger partial charge in [-0.1, -0.05) is 30.3 Å². The largest absolute Gasteiger partial charge is 0.339 e. The van der Waals surface area contributed by atoms with Crippen LogP contribution in [-0.4, -0.2) is 59.8 Å². The molecule has 2 aliphatic heterocycles. The summed E-state index contributed by atoms with van der Waals surface area (Å²) in [5, 5.41) is 4.36. The van der Waals surface area contributed by atoms with E-state index in [0.717, 1.165) is 41.5 Å². The highest BCUT2D eigenvalue weighted by Crippen LogP contribution is 2.31. The molecule has 2 fully saturated rings. The molecule has 2 heterocycles. The second kappa shape index (κ2) is 8.77. The molecule has 1 N–H and O–H groups in total. The van der Waals surface area contributed by atoms with Crippen molar-refractivity contribution in [1.82, 2.24) is 15.2 Å². The number of carbonyl (C=O) groups is 3. The number of hydrazone groups is 1. The second-order valence-corrected chi connectivity index (χ2v) is 8.77. The van der Waals surface area contributed by atoms with Crippen molar-refractivity contribution in [3.8, 4) is 0 Å². The topological polar surface area (TPSA) is 82.1 Å². The molecule has 1 saturated carbocycles. The Morgan fingerprint density at radius 1 is 1.06 bits per heavy atom. The van der Waals surface area contributed by atoms with Gasteiger partial charge in [-0.15, -0.1) is 0 Å². The quantitative estimate of drug-likeness (QED) is 0.712. The molecule has 170 valence electrons. The maximum absolute atomic E-state index is 14.6. The molecule has 8 heteroatoms. The van der Waals surface area contributed by atoms with Gasteiger partial charge < -0.3 is 14.6 Å². The lowest BCUT2D eigenvalue weighted by Crippen LogP contribution is -2.51. The van der Waals surface area contributed by atoms with Gasteiger partial charge in [0, 0.05) is 44.1 Å². The maximum atomic E-state index is 14.6. The lowest BCUT2D eigenvalue weighted by molar-refractivity contribution is -0.134. The monoisotopic (exact) mass is 448 g/mol. The Kier molecular flexibility index (Phi) is 5.66. The number of aldehydes is 1. The minimum absolute atomic E-state index is 0.0258. The summed E-state index contributed by atoms with van der Waals surface area (Å²) in [6.45, 7) is 1.77. The van der Waals surface area contributed by atoms with E-state index in [9.17, 15) is 18.8 Å². The van der Waals surface area contributed by atoms with Crippen molar-refractivity contribution in [3.63, 3.8) is 0 Å². The van der Waals surface area contributed by atoms with E-state index in [1.165, 1.54) is 6.07 Å². The number of nitrogens with zero attached hydrogens (tertiary/aromatic N) is 3. The van der Waals surface area contributed by atoms with Crippen LogP contribution in [0.3, 0.4) is 0 Å². The summed E-state index contributed by atoms with van der Waals surface area (Å²) in [7, 11) is 0. The smallest absolute Gasteiger partial charge is 0.256 e. The number of rotatable bonds is 5. The zero-order valence-electron chi connectivity index (χ0n) is 18.2. The van der Waals surface area contributed by atoms with Crippen LogP contribution in [0.25, 0.3) is 0 Å². The summed E-state index contributed by atoms with van der Waals surface area (Å²) >= 11 is 0. The highest BCUT2D eigenvalue weighted by molar-refractivity contribution is 6.05. The molecule has 7 nitrogen and oxygen atoms in total. The van der Waals surface area contributed by atoms with Crippen LogP contribution < -0.4 is 5.43 Å². The van der Waals surface area contributed by atoms with Crippen LogP contribution in [-0.2, 0) is 16.0 Å². The third-order valence-electron chi connectivity index (χ3n) is 6.52. The summed E-state index contributed by atoms with van der Waals surface area (Å²) in [6, 6.07) is 11.6. The Morgan fingerprint density at radius 3 is 2.52 bits per heavy atom. The summed E-state index contributed by atoms with van der Waals surface area (Å²) in [4.78, 5) is 40.1. The third-order valence-corrected chi connectivity index (χ3v) is 6.52. The zero-order chi connectivity index (χ0) is 22.9. The average molecular weight is 448 g/mol. The number of benzene rings is 2. The second-order valence-electron chi connectivity index (χ2n) is 8.77. The van der Waals surface area contributed by atoms with Gasteiger partial charge in [-0.25, -0.2) is 4.39 Å². The van der Waals surface area contributed by atoms with Crippen LogP contribution >= 0.6 is 0 Å². The Hall–Kier alpha value is -3.55. The van der Waals surface area contributed by atoms with Gasteiger partial charge in [-0.2, -0.15) is 5.10 Å². The minimum Gasteiger partial charge on any atom is -0.339 e. The number of carbonyl (C=O) groups excluding carboxylic acids is 3. The van der Waals surface area contributed by atoms with E-state index in [2.05, 4.69) is 10.5 Å². The molecule has 2 aromatic carbocycles. The van der Waals surface area contributed by atoms with Crippen LogP contribution in [0.4, 0.5) is 4.39 Å². The van der Waals surface area contributed by atoms with Crippen molar-refractivity contribution in [3.05, 3.63) is 70.5 Å². The van der Waals surface area contributed by atoms with Gasteiger partial charge in [0.2, 0.25) is 5.91 Å². The minimum atomic E-state index is -0.564. The zero-order valence-corrected chi connectivity index (χ0v) is 18.2. The van der Waals surface area contributed by atoms with Gasteiger partial charge >= 0.3 is 0 Å². The van der Waals surface area contributed by atoms with E-state index in [-0.39, 0.29) is 23.3 Å². The number of hydrogen-bond acceptors (Lipinski definition) is 5. The van der Waals surface area contributed by atoms with Crippen LogP contribution in [0, 0.1) is 11.7 Å². The Bertz CT molecular complexity index is 1140. The molecule has 3 aliphatic rings. The number of piperazine rings is 1. The number of nitrogens with one attached hydrogen (secondary N) is 1. The fourth-order valence-corrected chi connectivity index (χ4v) is 4.48. The molecular weight excluding hydrogens is 423 g/mol. The first kappa shape index (κ1) is 21.3. The average Bonchev–Trinajstić information content (AvgIpc) is 3.70. The van der Waals surface area contributed by atoms with Gasteiger partial charge in [0.05, 0.1) is 11.3 Å². The molecule has 2 aromatic rings. The molecular formula is C25H25FN4O3. The molecule has 1 saturated heterocycles. The number of hydrogen-bond donors (Lipinski definition) is 1. The van der Waals surface area contributed by atoms with E-state index >= 15 is 0 Å². The molecule has 0 aromatic heterocycles.